The maximum absolute atomic E-state index is 12.9. The summed E-state index contributed by atoms with van der Waals surface area (Å²) in [6.07, 6.45) is 0.109. The topological polar surface area (TPSA) is 32.3 Å². The zero-order valence-corrected chi connectivity index (χ0v) is 13.7. The first-order valence-corrected chi connectivity index (χ1v) is 7.73. The second kappa shape index (κ2) is 8.60. The molecule has 0 aliphatic rings. The van der Waals surface area contributed by atoms with Crippen LogP contribution in [0.2, 0.25) is 0 Å². The summed E-state index contributed by atoms with van der Waals surface area (Å²) < 4.78 is 38.8. The van der Waals surface area contributed by atoms with E-state index in [2.05, 4.69) is 5.32 Å². The minimum Gasteiger partial charge on any atom is -0.370 e. The molecule has 0 spiro atoms. The Labute approximate surface area is 135 Å². The Morgan fingerprint density at radius 3 is 2.30 bits per heavy atom. The highest BCUT2D eigenvalue weighted by Crippen LogP contribution is 2.35. The van der Waals surface area contributed by atoms with Crippen molar-refractivity contribution in [1.82, 2.24) is 0 Å². The van der Waals surface area contributed by atoms with Gasteiger partial charge in [-0.3, -0.25) is 4.79 Å². The quantitative estimate of drug-likeness (QED) is 0.726. The van der Waals surface area contributed by atoms with Crippen LogP contribution in [0.1, 0.15) is 39.2 Å². The number of carbonyl (C=O) groups excluding carboxylic acids is 1. The van der Waals surface area contributed by atoms with E-state index in [9.17, 15) is 18.0 Å². The summed E-state index contributed by atoms with van der Waals surface area (Å²) in [4.78, 5) is 13.8. The van der Waals surface area contributed by atoms with E-state index in [4.69, 9.17) is 0 Å². The molecular formula is C17H23F3N2O. The van der Waals surface area contributed by atoms with E-state index in [0.717, 1.165) is 25.0 Å². The normalized spacial score (nSPS) is 11.7. The van der Waals surface area contributed by atoms with Crippen LogP contribution in [-0.2, 0) is 11.0 Å². The van der Waals surface area contributed by atoms with Crippen molar-refractivity contribution in [2.45, 2.75) is 39.8 Å². The van der Waals surface area contributed by atoms with Crippen molar-refractivity contribution in [2.75, 3.05) is 23.3 Å². The molecule has 1 rings (SSSR count). The summed E-state index contributed by atoms with van der Waals surface area (Å²) in [5.74, 6) is -0.443. The molecule has 1 amide bonds. The summed E-state index contributed by atoms with van der Waals surface area (Å²) in [6, 6.07) is 3.48. The molecule has 6 heteroatoms. The van der Waals surface area contributed by atoms with Crippen molar-refractivity contribution in [1.29, 1.82) is 0 Å². The maximum Gasteiger partial charge on any atom is 0.416 e. The molecule has 1 aromatic carbocycles. The second-order valence-corrected chi connectivity index (χ2v) is 5.21. The molecule has 0 aliphatic carbocycles. The second-order valence-electron chi connectivity index (χ2n) is 5.21. The number of allylic oxidation sites excluding steroid dienone is 1. The number of amides is 1. The Morgan fingerprint density at radius 1 is 1.22 bits per heavy atom. The molecule has 0 atom stereocenters. The van der Waals surface area contributed by atoms with E-state index in [1.165, 1.54) is 12.1 Å². The van der Waals surface area contributed by atoms with Crippen LogP contribution in [0.4, 0.5) is 24.5 Å². The third kappa shape index (κ3) is 5.62. The van der Waals surface area contributed by atoms with Gasteiger partial charge in [-0.15, -0.1) is 0 Å². The smallest absolute Gasteiger partial charge is 0.370 e. The van der Waals surface area contributed by atoms with E-state index < -0.39 is 17.6 Å². The molecule has 1 N–H and O–H groups in total. The van der Waals surface area contributed by atoms with Gasteiger partial charge in [-0.05, 0) is 44.0 Å². The van der Waals surface area contributed by atoms with Crippen LogP contribution in [0.3, 0.4) is 0 Å². The highest BCUT2D eigenvalue weighted by molar-refractivity contribution is 6.01. The van der Waals surface area contributed by atoms with Crippen LogP contribution in [0.5, 0.6) is 0 Å². The first kappa shape index (κ1) is 19.1. The molecule has 0 unspecified atom stereocenters. The Bertz CT molecular complexity index is 547. The number of rotatable bonds is 7. The summed E-state index contributed by atoms with van der Waals surface area (Å²) in [6.45, 7) is 7.11. The van der Waals surface area contributed by atoms with Gasteiger partial charge in [0.05, 0.1) is 16.9 Å². The lowest BCUT2D eigenvalue weighted by molar-refractivity contribution is -0.137. The van der Waals surface area contributed by atoms with E-state index in [0.29, 0.717) is 18.8 Å². The van der Waals surface area contributed by atoms with Crippen LogP contribution < -0.4 is 10.2 Å². The molecule has 0 aromatic heterocycles. The van der Waals surface area contributed by atoms with Gasteiger partial charge < -0.3 is 10.2 Å². The molecule has 0 bridgehead atoms. The van der Waals surface area contributed by atoms with Crippen molar-refractivity contribution >= 4 is 17.3 Å². The highest BCUT2D eigenvalue weighted by atomic mass is 19.4. The average molecular weight is 328 g/mol. The Balaban J connectivity index is 3.28. The van der Waals surface area contributed by atoms with Crippen molar-refractivity contribution in [3.8, 4) is 0 Å². The molecule has 0 saturated heterocycles. The van der Waals surface area contributed by atoms with Crippen LogP contribution in [0, 0.1) is 0 Å². The van der Waals surface area contributed by atoms with Gasteiger partial charge in [-0.2, -0.15) is 13.2 Å². The summed E-state index contributed by atoms with van der Waals surface area (Å²) in [5, 5.41) is 2.55. The number of carbonyl (C=O) groups is 1. The van der Waals surface area contributed by atoms with Gasteiger partial charge in [0.1, 0.15) is 0 Å². The standard InChI is InChI=1S/C17H23F3N2O/c1-4-7-16(23)21-14-12-13(17(18,19)20)8-9-15(14)22(10-5-2)11-6-3/h4,7-9,12H,5-6,10-11H2,1-3H3,(H,21,23)/b7-4+. The zero-order chi connectivity index (χ0) is 17.5. The van der Waals surface area contributed by atoms with Crippen molar-refractivity contribution < 1.29 is 18.0 Å². The van der Waals surface area contributed by atoms with Gasteiger partial charge in [0.15, 0.2) is 0 Å². The van der Waals surface area contributed by atoms with Crippen LogP contribution in [0.25, 0.3) is 0 Å². The van der Waals surface area contributed by atoms with Crippen molar-refractivity contribution in [3.63, 3.8) is 0 Å². The first-order valence-electron chi connectivity index (χ1n) is 7.73. The number of alkyl halides is 3. The Morgan fingerprint density at radius 2 is 1.83 bits per heavy atom. The fourth-order valence-electron chi connectivity index (χ4n) is 2.31. The molecule has 0 radical (unpaired) electrons. The number of halogens is 3. The molecule has 0 saturated carbocycles. The van der Waals surface area contributed by atoms with Gasteiger partial charge in [0, 0.05) is 13.1 Å². The molecule has 3 nitrogen and oxygen atoms in total. The molecule has 0 fully saturated rings. The van der Waals surface area contributed by atoms with Crippen LogP contribution in [-0.4, -0.2) is 19.0 Å². The first-order chi connectivity index (χ1) is 10.8. The van der Waals surface area contributed by atoms with Crippen molar-refractivity contribution in [2.24, 2.45) is 0 Å². The lowest BCUT2D eigenvalue weighted by Crippen LogP contribution is -2.26. The molecule has 1 aromatic rings. The third-order valence-electron chi connectivity index (χ3n) is 3.23. The summed E-state index contributed by atoms with van der Waals surface area (Å²) in [7, 11) is 0. The zero-order valence-electron chi connectivity index (χ0n) is 13.7. The van der Waals surface area contributed by atoms with Gasteiger partial charge in [0.25, 0.3) is 0 Å². The number of nitrogens with one attached hydrogen (secondary N) is 1. The molecule has 0 aliphatic heterocycles. The number of hydrogen-bond donors (Lipinski definition) is 1. The van der Waals surface area contributed by atoms with Gasteiger partial charge in [0.2, 0.25) is 5.91 Å². The van der Waals surface area contributed by atoms with Gasteiger partial charge in [-0.1, -0.05) is 19.9 Å². The predicted molar refractivity (Wildman–Crippen MR) is 87.7 cm³/mol. The third-order valence-corrected chi connectivity index (χ3v) is 3.23. The number of nitrogens with zero attached hydrogens (tertiary/aromatic N) is 1. The summed E-state index contributed by atoms with van der Waals surface area (Å²) >= 11 is 0. The summed E-state index contributed by atoms with van der Waals surface area (Å²) in [5.41, 5.74) is 0.0225. The van der Waals surface area contributed by atoms with Gasteiger partial charge in [-0.25, -0.2) is 0 Å². The average Bonchev–Trinajstić information content (AvgIpc) is 2.46. The lowest BCUT2D eigenvalue weighted by atomic mass is 10.1. The highest BCUT2D eigenvalue weighted by Gasteiger charge is 2.31. The minimum atomic E-state index is -4.45. The number of benzene rings is 1. The molecule has 23 heavy (non-hydrogen) atoms. The van der Waals surface area contributed by atoms with E-state index >= 15 is 0 Å². The van der Waals surface area contributed by atoms with E-state index in [1.54, 1.807) is 13.0 Å². The molecular weight excluding hydrogens is 305 g/mol. The SMILES string of the molecule is C/C=C/C(=O)Nc1cc(C(F)(F)F)ccc1N(CCC)CCC. The largest absolute Gasteiger partial charge is 0.416 e. The number of anilines is 2. The van der Waals surface area contributed by atoms with E-state index in [-0.39, 0.29) is 5.69 Å². The van der Waals surface area contributed by atoms with Crippen molar-refractivity contribution in [3.05, 3.63) is 35.9 Å². The Kier molecular flexibility index (Phi) is 7.13. The van der Waals surface area contributed by atoms with Crippen LogP contribution >= 0.6 is 0 Å². The fourth-order valence-corrected chi connectivity index (χ4v) is 2.31. The molecule has 128 valence electrons. The Hall–Kier alpha value is -1.98. The maximum atomic E-state index is 12.9. The monoisotopic (exact) mass is 328 g/mol. The van der Waals surface area contributed by atoms with Crippen LogP contribution in [0.15, 0.2) is 30.4 Å². The number of hydrogen-bond acceptors (Lipinski definition) is 2. The van der Waals surface area contributed by atoms with Gasteiger partial charge >= 0.3 is 6.18 Å². The minimum absolute atomic E-state index is 0.185. The lowest BCUT2D eigenvalue weighted by Gasteiger charge is -2.27. The molecule has 0 heterocycles. The predicted octanol–water partition coefficient (Wildman–Crippen LogP) is 4.85. The fraction of sp³-hybridized carbons (Fsp3) is 0.471. The van der Waals surface area contributed by atoms with E-state index in [1.807, 2.05) is 18.7 Å².